The second-order valence-corrected chi connectivity index (χ2v) is 7.84. The molecule has 0 amide bonds. The lowest BCUT2D eigenvalue weighted by atomic mass is 9.70. The Kier molecular flexibility index (Phi) is 4.66. The van der Waals surface area contributed by atoms with Gasteiger partial charge in [-0.25, -0.2) is 14.5 Å². The molecule has 0 unspecified atom stereocenters. The number of nitrogens with one attached hydrogen (secondary N) is 1. The third-order valence-corrected chi connectivity index (χ3v) is 6.07. The number of aromatic nitrogens is 2. The summed E-state index contributed by atoms with van der Waals surface area (Å²) in [6.45, 7) is 0. The first kappa shape index (κ1) is 19.2. The molecular formula is C24H21N3O4. The van der Waals surface area contributed by atoms with Gasteiger partial charge < -0.3 is 4.74 Å². The van der Waals surface area contributed by atoms with Crippen molar-refractivity contribution in [2.45, 2.75) is 25.2 Å². The molecule has 31 heavy (non-hydrogen) atoms. The molecule has 1 aromatic heterocycles. The fourth-order valence-corrected chi connectivity index (χ4v) is 4.62. The van der Waals surface area contributed by atoms with Crippen molar-refractivity contribution < 1.29 is 14.3 Å². The Morgan fingerprint density at radius 2 is 1.77 bits per heavy atom. The van der Waals surface area contributed by atoms with Gasteiger partial charge in [0.1, 0.15) is 5.78 Å². The summed E-state index contributed by atoms with van der Waals surface area (Å²) >= 11 is 0. The summed E-state index contributed by atoms with van der Waals surface area (Å²) in [6.07, 6.45) is 1.97. The first-order valence-corrected chi connectivity index (χ1v) is 10.3. The minimum atomic E-state index is -0.460. The molecule has 1 aliphatic carbocycles. The maximum absolute atomic E-state index is 13.5. The summed E-state index contributed by atoms with van der Waals surface area (Å²) in [7, 11) is 1.33. The van der Waals surface area contributed by atoms with E-state index in [0.717, 1.165) is 24.1 Å². The molecule has 2 heterocycles. The van der Waals surface area contributed by atoms with E-state index >= 15 is 0 Å². The zero-order valence-electron chi connectivity index (χ0n) is 17.0. The van der Waals surface area contributed by atoms with Crippen LogP contribution in [-0.2, 0) is 9.53 Å². The molecule has 3 aromatic rings. The van der Waals surface area contributed by atoms with Crippen LogP contribution in [0.4, 0.5) is 5.82 Å². The number of Topliss-reactive ketones (excluding diaryl/α,β-unsaturated/α-hetero) is 1. The van der Waals surface area contributed by atoms with Gasteiger partial charge in [0.2, 0.25) is 0 Å². The maximum Gasteiger partial charge on any atom is 0.337 e. The number of ketones is 1. The van der Waals surface area contributed by atoms with Gasteiger partial charge in [-0.05, 0) is 42.7 Å². The smallest absolute Gasteiger partial charge is 0.337 e. The molecule has 1 fully saturated rings. The highest BCUT2D eigenvalue weighted by Gasteiger charge is 2.43. The minimum Gasteiger partial charge on any atom is -0.465 e. The van der Waals surface area contributed by atoms with Crippen LogP contribution in [0.15, 0.2) is 64.4 Å². The second-order valence-electron chi connectivity index (χ2n) is 7.84. The number of hydrogen-bond acceptors (Lipinski definition) is 5. The van der Waals surface area contributed by atoms with Crippen LogP contribution in [0, 0.1) is 5.92 Å². The van der Waals surface area contributed by atoms with Crippen LogP contribution >= 0.6 is 0 Å². The summed E-state index contributed by atoms with van der Waals surface area (Å²) in [5.74, 6) is -0.741. The minimum absolute atomic E-state index is 0.101. The SMILES string of the molecule is COC(=O)c1ccc([C@H]2c3c([nH]n(-c4ccccc4)c3=O)N=C3CCCC(=O)[C@H]32)cc1. The molecule has 2 aliphatic rings. The quantitative estimate of drug-likeness (QED) is 0.662. The van der Waals surface area contributed by atoms with Gasteiger partial charge in [-0.2, -0.15) is 0 Å². The molecule has 0 spiro atoms. The molecule has 5 rings (SSSR count). The largest absolute Gasteiger partial charge is 0.465 e. The lowest BCUT2D eigenvalue weighted by Gasteiger charge is -2.33. The first-order chi connectivity index (χ1) is 15.1. The van der Waals surface area contributed by atoms with E-state index < -0.39 is 17.8 Å². The number of aromatic amines is 1. The molecular weight excluding hydrogens is 394 g/mol. The number of benzene rings is 2. The molecule has 0 bridgehead atoms. The third kappa shape index (κ3) is 3.13. The van der Waals surface area contributed by atoms with Gasteiger partial charge in [-0.3, -0.25) is 14.7 Å². The first-order valence-electron chi connectivity index (χ1n) is 10.3. The number of para-hydroxylation sites is 1. The number of carbonyl (C=O) groups excluding carboxylic acids is 2. The third-order valence-electron chi connectivity index (χ3n) is 6.07. The predicted octanol–water partition coefficient (Wildman–Crippen LogP) is 3.54. The fourth-order valence-electron chi connectivity index (χ4n) is 4.62. The second kappa shape index (κ2) is 7.50. The van der Waals surface area contributed by atoms with Gasteiger partial charge in [-0.1, -0.05) is 30.3 Å². The zero-order chi connectivity index (χ0) is 21.5. The number of ether oxygens (including phenoxy) is 1. The maximum atomic E-state index is 13.5. The van der Waals surface area contributed by atoms with Crippen molar-refractivity contribution in [3.8, 4) is 5.69 Å². The van der Waals surface area contributed by atoms with Crippen LogP contribution in [0.1, 0.15) is 46.7 Å². The van der Waals surface area contributed by atoms with Gasteiger partial charge in [-0.15, -0.1) is 0 Å². The average Bonchev–Trinajstić information content (AvgIpc) is 3.14. The highest BCUT2D eigenvalue weighted by molar-refractivity contribution is 6.10. The van der Waals surface area contributed by atoms with E-state index in [9.17, 15) is 14.4 Å². The summed E-state index contributed by atoms with van der Waals surface area (Å²) in [5.41, 5.74) is 3.01. The number of rotatable bonds is 3. The van der Waals surface area contributed by atoms with Crippen molar-refractivity contribution in [1.29, 1.82) is 0 Å². The summed E-state index contributed by atoms with van der Waals surface area (Å²) in [5, 5.41) is 3.14. The lowest BCUT2D eigenvalue weighted by molar-refractivity contribution is -0.121. The highest BCUT2D eigenvalue weighted by atomic mass is 16.5. The van der Waals surface area contributed by atoms with Gasteiger partial charge in [0.05, 0.1) is 29.8 Å². The Bertz CT molecular complexity index is 1250. The van der Waals surface area contributed by atoms with Gasteiger partial charge in [0, 0.05) is 18.1 Å². The molecule has 7 nitrogen and oxygen atoms in total. The Balaban J connectivity index is 1.69. The van der Waals surface area contributed by atoms with E-state index in [2.05, 4.69) is 5.10 Å². The van der Waals surface area contributed by atoms with Gasteiger partial charge in [0.25, 0.3) is 5.56 Å². The van der Waals surface area contributed by atoms with E-state index in [4.69, 9.17) is 9.73 Å². The van der Waals surface area contributed by atoms with E-state index in [1.807, 2.05) is 30.3 Å². The van der Waals surface area contributed by atoms with Crippen LogP contribution < -0.4 is 5.56 Å². The number of fused-ring (bicyclic) bond motifs is 2. The van der Waals surface area contributed by atoms with Crippen LogP contribution in [0.3, 0.4) is 0 Å². The Labute approximate surface area is 178 Å². The monoisotopic (exact) mass is 415 g/mol. The van der Waals surface area contributed by atoms with Crippen LogP contribution in [0.25, 0.3) is 5.69 Å². The van der Waals surface area contributed by atoms with Crippen molar-refractivity contribution in [1.82, 2.24) is 9.78 Å². The standard InChI is InChI=1S/C24H21N3O4/c1-31-24(30)15-12-10-14(11-13-15)19-20-17(8-5-9-18(20)28)25-22-21(19)23(29)27(26-22)16-6-3-2-4-7-16/h2-4,6-7,10-13,19-20,26H,5,8-9H2,1H3/t19-,20+/m1/s1. The number of aliphatic imine (C=N–C) groups is 1. The normalized spacial score (nSPS) is 19.9. The summed E-state index contributed by atoms with van der Waals surface area (Å²) in [6, 6.07) is 16.2. The molecule has 2 aromatic carbocycles. The van der Waals surface area contributed by atoms with Crippen molar-refractivity contribution in [2.75, 3.05) is 7.11 Å². The van der Waals surface area contributed by atoms with Crippen molar-refractivity contribution in [3.05, 3.63) is 81.6 Å². The molecule has 1 N–H and O–H groups in total. The van der Waals surface area contributed by atoms with E-state index in [1.54, 1.807) is 24.3 Å². The fraction of sp³-hybridized carbons (Fsp3) is 0.250. The Hall–Kier alpha value is -3.74. The number of methoxy groups -OCH3 is 1. The van der Waals surface area contributed by atoms with E-state index in [0.29, 0.717) is 29.1 Å². The van der Waals surface area contributed by atoms with Crippen LogP contribution in [0.2, 0.25) is 0 Å². The summed E-state index contributed by atoms with van der Waals surface area (Å²) in [4.78, 5) is 43.0. The highest BCUT2D eigenvalue weighted by Crippen LogP contribution is 2.43. The zero-order valence-corrected chi connectivity index (χ0v) is 17.0. The number of H-pyrrole nitrogens is 1. The van der Waals surface area contributed by atoms with Crippen molar-refractivity contribution in [3.63, 3.8) is 0 Å². The van der Waals surface area contributed by atoms with Gasteiger partial charge >= 0.3 is 5.97 Å². The van der Waals surface area contributed by atoms with Crippen LogP contribution in [0.5, 0.6) is 0 Å². The molecule has 2 atom stereocenters. The van der Waals surface area contributed by atoms with Crippen molar-refractivity contribution in [2.24, 2.45) is 10.9 Å². The predicted molar refractivity (Wildman–Crippen MR) is 115 cm³/mol. The molecule has 0 saturated heterocycles. The molecule has 156 valence electrons. The molecule has 0 radical (unpaired) electrons. The van der Waals surface area contributed by atoms with Crippen LogP contribution in [-0.4, -0.2) is 34.4 Å². The topological polar surface area (TPSA) is 93.5 Å². The Morgan fingerprint density at radius 3 is 2.48 bits per heavy atom. The van der Waals surface area contributed by atoms with Crippen molar-refractivity contribution >= 4 is 23.3 Å². The van der Waals surface area contributed by atoms with Gasteiger partial charge in [0.15, 0.2) is 5.82 Å². The average molecular weight is 415 g/mol. The van der Waals surface area contributed by atoms with E-state index in [1.165, 1.54) is 11.8 Å². The Morgan fingerprint density at radius 1 is 1.03 bits per heavy atom. The lowest BCUT2D eigenvalue weighted by Crippen LogP contribution is -2.38. The molecule has 1 aliphatic heterocycles. The number of carbonyl (C=O) groups is 2. The molecule has 1 saturated carbocycles. The van der Waals surface area contributed by atoms with E-state index in [-0.39, 0.29) is 11.3 Å². The summed E-state index contributed by atoms with van der Waals surface area (Å²) < 4.78 is 6.26. The molecule has 7 heteroatoms. The number of nitrogens with zero attached hydrogens (tertiary/aromatic N) is 2. The number of esters is 1. The number of hydrogen-bond donors (Lipinski definition) is 1.